The van der Waals surface area contributed by atoms with Gasteiger partial charge >= 0.3 is 0 Å². The lowest BCUT2D eigenvalue weighted by molar-refractivity contribution is 0.774. The Morgan fingerprint density at radius 1 is 0.660 bits per heavy atom. The van der Waals surface area contributed by atoms with Gasteiger partial charge in [-0.1, -0.05) is 171 Å². The summed E-state index contributed by atoms with van der Waals surface area (Å²) in [5, 5.41) is 2.53. The molecule has 53 heavy (non-hydrogen) atoms. The van der Waals surface area contributed by atoms with E-state index in [1.807, 2.05) is 6.20 Å². The van der Waals surface area contributed by atoms with Crippen LogP contribution in [0.4, 0.5) is 0 Å². The van der Waals surface area contributed by atoms with E-state index >= 15 is 0 Å². The first-order valence-electron chi connectivity index (χ1n) is 18.4. The third-order valence-electron chi connectivity index (χ3n) is 11.7. The van der Waals surface area contributed by atoms with Crippen molar-refractivity contribution in [2.45, 2.75) is 17.8 Å². The zero-order valence-corrected chi connectivity index (χ0v) is 29.5. The summed E-state index contributed by atoms with van der Waals surface area (Å²) >= 11 is 0. The molecule has 0 aliphatic heterocycles. The molecule has 0 radical (unpaired) electrons. The van der Waals surface area contributed by atoms with Gasteiger partial charge in [-0.15, -0.1) is 0 Å². The molecule has 0 fully saturated rings. The lowest BCUT2D eigenvalue weighted by Gasteiger charge is -2.39. The van der Waals surface area contributed by atoms with Gasteiger partial charge in [-0.2, -0.15) is 0 Å². The van der Waals surface area contributed by atoms with Crippen LogP contribution >= 0.6 is 0 Å². The quantitative estimate of drug-likeness (QED) is 0.182. The number of hydrogen-bond acceptors (Lipinski definition) is 1. The van der Waals surface area contributed by atoms with Crippen molar-refractivity contribution in [3.8, 4) is 11.1 Å². The average molecular weight is 676 g/mol. The number of nitrogens with zero attached hydrogens (tertiary/aromatic N) is 1. The Balaban J connectivity index is 1.11. The van der Waals surface area contributed by atoms with E-state index in [1.165, 1.54) is 72.0 Å². The molecule has 0 amide bonds. The number of hydrogen-bond donors (Lipinski definition) is 0. The minimum absolute atomic E-state index is 0.166. The summed E-state index contributed by atoms with van der Waals surface area (Å²) in [6.45, 7) is 9.75. The van der Waals surface area contributed by atoms with Crippen LogP contribution in [-0.4, -0.2) is 4.98 Å². The first-order chi connectivity index (χ1) is 26.1. The topological polar surface area (TPSA) is 12.9 Å². The molecule has 5 aromatic carbocycles. The second-order valence-corrected chi connectivity index (χ2v) is 14.4. The highest BCUT2D eigenvalue weighted by Crippen LogP contribution is 2.62. The monoisotopic (exact) mass is 675 g/mol. The first-order valence-corrected chi connectivity index (χ1v) is 18.4. The predicted octanol–water partition coefficient (Wildman–Crippen LogP) is 12.7. The smallest absolute Gasteiger partial charge is 0.0753 e. The molecule has 0 saturated carbocycles. The maximum Gasteiger partial charge on any atom is 0.0753 e. The van der Waals surface area contributed by atoms with Crippen LogP contribution in [0.15, 0.2) is 218 Å². The van der Waals surface area contributed by atoms with Gasteiger partial charge in [-0.25, -0.2) is 0 Å². The molecule has 1 nitrogen and oxygen atoms in total. The highest BCUT2D eigenvalue weighted by Gasteiger charge is 2.51. The zero-order valence-electron chi connectivity index (χ0n) is 29.5. The van der Waals surface area contributed by atoms with Crippen LogP contribution in [0.5, 0.6) is 0 Å². The molecule has 10 rings (SSSR count). The maximum atomic E-state index is 5.10. The van der Waals surface area contributed by atoms with Gasteiger partial charge in [0.05, 0.1) is 11.1 Å². The summed E-state index contributed by atoms with van der Waals surface area (Å²) < 4.78 is 0. The van der Waals surface area contributed by atoms with Crippen molar-refractivity contribution in [3.05, 3.63) is 257 Å². The number of benzene rings is 5. The number of aromatic nitrogens is 1. The lowest BCUT2D eigenvalue weighted by Crippen LogP contribution is -2.31. The molecule has 0 N–H and O–H groups in total. The van der Waals surface area contributed by atoms with E-state index in [0.717, 1.165) is 28.8 Å². The minimum atomic E-state index is -0.577. The summed E-state index contributed by atoms with van der Waals surface area (Å²) in [6.07, 6.45) is 20.4. The van der Waals surface area contributed by atoms with Crippen molar-refractivity contribution in [2.24, 2.45) is 0 Å². The van der Waals surface area contributed by atoms with Crippen molar-refractivity contribution in [1.82, 2.24) is 4.98 Å². The van der Waals surface area contributed by atoms with Gasteiger partial charge in [0.15, 0.2) is 0 Å². The molecule has 1 heterocycles. The van der Waals surface area contributed by atoms with Crippen LogP contribution in [0.2, 0.25) is 0 Å². The molecule has 250 valence electrons. The van der Waals surface area contributed by atoms with E-state index in [2.05, 4.69) is 176 Å². The van der Waals surface area contributed by atoms with Crippen molar-refractivity contribution >= 4 is 21.9 Å². The van der Waals surface area contributed by atoms with E-state index in [0.29, 0.717) is 0 Å². The molecular weight excluding hydrogens is 639 g/mol. The highest BCUT2D eigenvalue weighted by atomic mass is 14.7. The van der Waals surface area contributed by atoms with E-state index in [-0.39, 0.29) is 5.92 Å². The molecular formula is C52H37N. The molecule has 6 aromatic rings. The van der Waals surface area contributed by atoms with Gasteiger partial charge in [0, 0.05) is 17.7 Å². The molecule has 0 saturated heterocycles. The Hall–Kier alpha value is -6.57. The average Bonchev–Trinajstić information content (AvgIpc) is 3.45. The van der Waals surface area contributed by atoms with Gasteiger partial charge < -0.3 is 0 Å². The molecule has 0 bridgehead atoms. The van der Waals surface area contributed by atoms with Crippen LogP contribution < -0.4 is 0 Å². The fourth-order valence-electron chi connectivity index (χ4n) is 9.35. The number of rotatable bonds is 3. The largest absolute Gasteiger partial charge is 0.256 e. The van der Waals surface area contributed by atoms with E-state index in [1.54, 1.807) is 0 Å². The molecule has 1 heteroatoms. The molecule has 1 aromatic heterocycles. The summed E-state index contributed by atoms with van der Waals surface area (Å²) in [4.78, 5) is 5.10. The van der Waals surface area contributed by atoms with Gasteiger partial charge in [-0.05, 0) is 108 Å². The number of fused-ring (bicyclic) bond motifs is 9. The maximum absolute atomic E-state index is 5.10. The summed E-state index contributed by atoms with van der Waals surface area (Å²) in [5.74, 6) is 0.166. The van der Waals surface area contributed by atoms with E-state index in [4.69, 9.17) is 18.1 Å². The molecule has 4 aliphatic carbocycles. The van der Waals surface area contributed by atoms with Crippen LogP contribution in [0, 0.1) is 0 Å². The van der Waals surface area contributed by atoms with Gasteiger partial charge in [0.25, 0.3) is 0 Å². The molecule has 1 spiro atoms. The van der Waals surface area contributed by atoms with Crippen molar-refractivity contribution in [1.29, 1.82) is 0 Å². The van der Waals surface area contributed by atoms with Crippen LogP contribution in [0.1, 0.15) is 51.4 Å². The Morgan fingerprint density at radius 2 is 1.36 bits per heavy atom. The van der Waals surface area contributed by atoms with Crippen LogP contribution in [0.25, 0.3) is 33.0 Å². The molecule has 2 unspecified atom stereocenters. The Kier molecular flexibility index (Phi) is 7.23. The summed E-state index contributed by atoms with van der Waals surface area (Å²) in [7, 11) is 0. The van der Waals surface area contributed by atoms with Crippen molar-refractivity contribution in [3.63, 3.8) is 0 Å². The Bertz CT molecular complexity index is 2720. The lowest BCUT2D eigenvalue weighted by atomic mass is 9.61. The minimum Gasteiger partial charge on any atom is -0.256 e. The SMILES string of the molecule is C=C(/C=C1\C(=C)C2(c3ccccc3-c3cccc4cccc2c34)c2cccnc21)\C1=C/C=C\C=C/C=C2\C=C(c3ccccc3)c3ccccc3C2C1. The van der Waals surface area contributed by atoms with Crippen LogP contribution in [0.3, 0.4) is 0 Å². The fourth-order valence-corrected chi connectivity index (χ4v) is 9.35. The normalized spacial score (nSPS) is 23.4. The highest BCUT2D eigenvalue weighted by molar-refractivity contribution is 6.08. The predicted molar refractivity (Wildman–Crippen MR) is 222 cm³/mol. The van der Waals surface area contributed by atoms with Gasteiger partial charge in [0.2, 0.25) is 0 Å². The standard InChI is InChI=1S/C52H37N/c1-34(38-19-6-3-4-7-20-39-33-45(36-17-8-5-9-18-36)40-23-10-11-24-41(40)46(39)32-38)31-44-35(2)52(49-29-16-30-53-51(44)49)47-27-13-12-25-42(47)43-26-14-21-37-22-15-28-48(52)50(37)43/h3-31,33,46H,1-2,32H2/b6-3-,7-4-,38-19-,39-20+,44-31+. The third-order valence-corrected chi connectivity index (χ3v) is 11.7. The second kappa shape index (κ2) is 12.3. The summed E-state index contributed by atoms with van der Waals surface area (Å²) in [5.41, 5.74) is 17.3. The van der Waals surface area contributed by atoms with E-state index in [9.17, 15) is 0 Å². The summed E-state index contributed by atoms with van der Waals surface area (Å²) in [6, 6.07) is 46.2. The van der Waals surface area contributed by atoms with Crippen molar-refractivity contribution < 1.29 is 0 Å². The third kappa shape index (κ3) is 4.67. The van der Waals surface area contributed by atoms with Gasteiger partial charge in [0.1, 0.15) is 0 Å². The number of pyridine rings is 1. The fraction of sp³-hybridized carbons (Fsp3) is 0.0577. The number of allylic oxidation sites excluding steroid dienone is 13. The zero-order chi connectivity index (χ0) is 35.5. The molecule has 4 aliphatic rings. The van der Waals surface area contributed by atoms with Gasteiger partial charge in [-0.3, -0.25) is 4.98 Å². The van der Waals surface area contributed by atoms with Crippen LogP contribution in [-0.2, 0) is 5.41 Å². The molecule has 2 atom stereocenters. The first kappa shape index (κ1) is 31.2. The Morgan fingerprint density at radius 3 is 2.23 bits per heavy atom. The Labute approximate surface area is 311 Å². The second-order valence-electron chi connectivity index (χ2n) is 14.4. The van der Waals surface area contributed by atoms with E-state index < -0.39 is 5.41 Å². The van der Waals surface area contributed by atoms with Crippen molar-refractivity contribution in [2.75, 3.05) is 0 Å².